The number of halogens is 2. The molecule has 2 rings (SSSR count). The molecule has 2 aromatic rings. The molecule has 1 aromatic carbocycles. The molecule has 1 amide bonds. The van der Waals surface area contributed by atoms with Crippen LogP contribution in [0.15, 0.2) is 23.6 Å². The summed E-state index contributed by atoms with van der Waals surface area (Å²) < 4.78 is 13.6. The first-order valence-corrected chi connectivity index (χ1v) is 8.07. The van der Waals surface area contributed by atoms with Crippen LogP contribution in [-0.2, 0) is 4.79 Å². The van der Waals surface area contributed by atoms with Crippen LogP contribution < -0.4 is 5.32 Å². The van der Waals surface area contributed by atoms with Gasteiger partial charge in [-0.15, -0.1) is 11.3 Å². The second-order valence-electron chi connectivity index (χ2n) is 5.13. The molecule has 7 heteroatoms. The Morgan fingerprint density at radius 3 is 2.61 bits per heavy atom. The number of benzene rings is 1. The highest BCUT2D eigenvalue weighted by Crippen LogP contribution is 2.25. The molecule has 23 heavy (non-hydrogen) atoms. The molecule has 1 atom stereocenters. The summed E-state index contributed by atoms with van der Waals surface area (Å²) in [5.41, 5.74) is 1.70. The van der Waals surface area contributed by atoms with Crippen molar-refractivity contribution in [3.05, 3.63) is 56.0 Å². The van der Waals surface area contributed by atoms with Crippen molar-refractivity contribution < 1.29 is 19.1 Å². The fourth-order valence-corrected chi connectivity index (χ4v) is 3.11. The van der Waals surface area contributed by atoms with Crippen LogP contribution in [0.4, 0.5) is 4.39 Å². The number of aliphatic carboxylic acids is 1. The van der Waals surface area contributed by atoms with Gasteiger partial charge in [-0.25, -0.2) is 4.39 Å². The van der Waals surface area contributed by atoms with Crippen molar-refractivity contribution in [1.29, 1.82) is 0 Å². The highest BCUT2D eigenvalue weighted by Gasteiger charge is 2.21. The molecular formula is C16H15ClFNO3S. The van der Waals surface area contributed by atoms with Crippen molar-refractivity contribution in [2.24, 2.45) is 0 Å². The van der Waals surface area contributed by atoms with Crippen molar-refractivity contribution in [1.82, 2.24) is 5.32 Å². The van der Waals surface area contributed by atoms with Crippen molar-refractivity contribution >= 4 is 34.8 Å². The van der Waals surface area contributed by atoms with Crippen LogP contribution in [0, 0.1) is 19.7 Å². The van der Waals surface area contributed by atoms with E-state index >= 15 is 0 Å². The number of amides is 1. The summed E-state index contributed by atoms with van der Waals surface area (Å²) in [4.78, 5) is 24.4. The molecule has 0 aliphatic heterocycles. The Kier molecular flexibility index (Phi) is 5.38. The van der Waals surface area contributed by atoms with Gasteiger partial charge in [0.15, 0.2) is 0 Å². The average Bonchev–Trinajstić information content (AvgIpc) is 2.81. The average molecular weight is 356 g/mol. The van der Waals surface area contributed by atoms with Gasteiger partial charge in [-0.3, -0.25) is 9.59 Å². The number of nitrogens with one attached hydrogen (secondary N) is 1. The maximum atomic E-state index is 13.6. The lowest BCUT2D eigenvalue weighted by atomic mass is 10.0. The molecule has 0 spiro atoms. The number of hydrogen-bond donors (Lipinski definition) is 2. The Morgan fingerprint density at radius 2 is 2.09 bits per heavy atom. The van der Waals surface area contributed by atoms with Crippen molar-refractivity contribution in [3.8, 4) is 0 Å². The fraction of sp³-hybridized carbons (Fsp3) is 0.250. The van der Waals surface area contributed by atoms with Gasteiger partial charge in [0.05, 0.1) is 23.0 Å². The van der Waals surface area contributed by atoms with Crippen LogP contribution in [0.3, 0.4) is 0 Å². The Bertz CT molecular complexity index is 760. The fourth-order valence-electron chi connectivity index (χ4n) is 2.13. The zero-order chi connectivity index (χ0) is 17.1. The zero-order valence-corrected chi connectivity index (χ0v) is 14.1. The van der Waals surface area contributed by atoms with Gasteiger partial charge >= 0.3 is 5.97 Å². The molecule has 0 radical (unpaired) electrons. The lowest BCUT2D eigenvalue weighted by molar-refractivity contribution is -0.137. The first kappa shape index (κ1) is 17.4. The largest absolute Gasteiger partial charge is 0.481 e. The molecule has 0 bridgehead atoms. The van der Waals surface area contributed by atoms with Gasteiger partial charge in [-0.05, 0) is 37.1 Å². The summed E-state index contributed by atoms with van der Waals surface area (Å²) in [6.07, 6.45) is -0.352. The number of rotatable bonds is 5. The molecule has 4 nitrogen and oxygen atoms in total. The third kappa shape index (κ3) is 4.09. The maximum absolute atomic E-state index is 13.6. The monoisotopic (exact) mass is 355 g/mol. The first-order valence-electron chi connectivity index (χ1n) is 6.82. The second kappa shape index (κ2) is 7.10. The summed E-state index contributed by atoms with van der Waals surface area (Å²) in [7, 11) is 0. The summed E-state index contributed by atoms with van der Waals surface area (Å²) >= 11 is 7.08. The molecular weight excluding hydrogens is 341 g/mol. The number of thiophene rings is 1. The lowest BCUT2D eigenvalue weighted by Crippen LogP contribution is -2.30. The van der Waals surface area contributed by atoms with Crippen molar-refractivity contribution in [2.45, 2.75) is 26.3 Å². The van der Waals surface area contributed by atoms with E-state index < -0.39 is 17.8 Å². The highest BCUT2D eigenvalue weighted by atomic mass is 35.5. The topological polar surface area (TPSA) is 66.4 Å². The second-order valence-corrected chi connectivity index (χ2v) is 6.62. The molecule has 1 aromatic heterocycles. The highest BCUT2D eigenvalue weighted by molar-refractivity contribution is 7.10. The van der Waals surface area contributed by atoms with E-state index in [4.69, 9.17) is 16.7 Å². The molecule has 0 aliphatic rings. The van der Waals surface area contributed by atoms with Crippen molar-refractivity contribution in [3.63, 3.8) is 0 Å². The minimum atomic E-state index is -1.09. The summed E-state index contributed by atoms with van der Waals surface area (Å²) in [6, 6.07) is 3.14. The number of carbonyl (C=O) groups excluding carboxylic acids is 1. The predicted octanol–water partition coefficient (Wildman–Crippen LogP) is 4.10. The van der Waals surface area contributed by atoms with Crippen LogP contribution in [0.2, 0.25) is 5.02 Å². The zero-order valence-electron chi connectivity index (χ0n) is 12.5. The number of hydrogen-bond acceptors (Lipinski definition) is 3. The number of carbonyl (C=O) groups is 2. The van der Waals surface area contributed by atoms with Crippen LogP contribution in [-0.4, -0.2) is 17.0 Å². The van der Waals surface area contributed by atoms with E-state index in [2.05, 4.69) is 5.32 Å². The summed E-state index contributed by atoms with van der Waals surface area (Å²) in [6.45, 7) is 3.73. The Morgan fingerprint density at radius 1 is 1.39 bits per heavy atom. The van der Waals surface area contributed by atoms with Gasteiger partial charge in [0.1, 0.15) is 5.82 Å². The van der Waals surface area contributed by atoms with Crippen LogP contribution >= 0.6 is 22.9 Å². The SMILES string of the molecule is Cc1scc(C(=O)NC(CC(=O)O)c2ccc(Cl)c(F)c2)c1C. The molecule has 2 N–H and O–H groups in total. The van der Waals surface area contributed by atoms with E-state index in [1.807, 2.05) is 13.8 Å². The predicted molar refractivity (Wildman–Crippen MR) is 87.7 cm³/mol. The Balaban J connectivity index is 2.28. The first-order chi connectivity index (χ1) is 10.8. The van der Waals surface area contributed by atoms with Crippen LogP contribution in [0.1, 0.15) is 38.8 Å². The summed E-state index contributed by atoms with van der Waals surface area (Å²) in [5.74, 6) is -2.13. The number of aryl methyl sites for hydroxylation is 1. The molecule has 0 aliphatic carbocycles. The molecule has 1 heterocycles. The third-order valence-electron chi connectivity index (χ3n) is 3.56. The maximum Gasteiger partial charge on any atom is 0.305 e. The van der Waals surface area contributed by atoms with Gasteiger partial charge in [0, 0.05) is 10.3 Å². The minimum Gasteiger partial charge on any atom is -0.481 e. The van der Waals surface area contributed by atoms with E-state index in [1.54, 1.807) is 5.38 Å². The molecule has 0 saturated heterocycles. The Hall–Kier alpha value is -1.92. The van der Waals surface area contributed by atoms with Crippen LogP contribution in [0.25, 0.3) is 0 Å². The molecule has 1 unspecified atom stereocenters. The van der Waals surface area contributed by atoms with E-state index in [-0.39, 0.29) is 17.4 Å². The Labute approximate surface area is 141 Å². The molecule has 0 fully saturated rings. The molecule has 122 valence electrons. The van der Waals surface area contributed by atoms with Gasteiger partial charge in [-0.2, -0.15) is 0 Å². The lowest BCUT2D eigenvalue weighted by Gasteiger charge is -2.18. The third-order valence-corrected chi connectivity index (χ3v) is 4.88. The van der Waals surface area contributed by atoms with E-state index in [9.17, 15) is 14.0 Å². The normalized spacial score (nSPS) is 12.0. The summed E-state index contributed by atoms with van der Waals surface area (Å²) in [5, 5.41) is 13.4. The van der Waals surface area contributed by atoms with Gasteiger partial charge in [0.2, 0.25) is 0 Å². The molecule has 0 saturated carbocycles. The smallest absolute Gasteiger partial charge is 0.305 e. The van der Waals surface area contributed by atoms with E-state index in [1.165, 1.54) is 23.5 Å². The van der Waals surface area contributed by atoms with E-state index in [0.717, 1.165) is 16.5 Å². The standard InChI is InChI=1S/C16H15ClFNO3S/c1-8-9(2)23-7-11(8)16(22)19-14(6-15(20)21)10-3-4-12(17)13(18)5-10/h3-5,7,14H,6H2,1-2H3,(H,19,22)(H,20,21). The van der Waals surface area contributed by atoms with Gasteiger partial charge < -0.3 is 10.4 Å². The number of carboxylic acids is 1. The van der Waals surface area contributed by atoms with Gasteiger partial charge in [0.25, 0.3) is 5.91 Å². The minimum absolute atomic E-state index is 0.0570. The quantitative estimate of drug-likeness (QED) is 0.848. The van der Waals surface area contributed by atoms with Gasteiger partial charge in [-0.1, -0.05) is 17.7 Å². The van der Waals surface area contributed by atoms with Crippen molar-refractivity contribution in [2.75, 3.05) is 0 Å². The number of carboxylic acid groups (broad SMARTS) is 1. The van der Waals surface area contributed by atoms with Crippen LogP contribution in [0.5, 0.6) is 0 Å². The van der Waals surface area contributed by atoms with E-state index in [0.29, 0.717) is 11.1 Å².